The molecule has 0 N–H and O–H groups in total. The van der Waals surface area contributed by atoms with Crippen LogP contribution in [0.2, 0.25) is 0 Å². The number of rotatable bonds is 3. The number of benzene rings is 2. The molecule has 5 nitrogen and oxygen atoms in total. The first kappa shape index (κ1) is 18.2. The van der Waals surface area contributed by atoms with Crippen LogP contribution in [0.5, 0.6) is 0 Å². The number of piperidine rings is 1. The molecule has 3 heterocycles. The Hall–Kier alpha value is -2.82. The summed E-state index contributed by atoms with van der Waals surface area (Å²) in [5.74, 6) is 0.423. The largest absolute Gasteiger partial charge is 0.423 e. The molecule has 2 saturated heterocycles. The molecule has 1 amide bonds. The third-order valence-electron chi connectivity index (χ3n) is 6.40. The van der Waals surface area contributed by atoms with Crippen molar-refractivity contribution in [2.24, 2.45) is 5.92 Å². The van der Waals surface area contributed by atoms with Gasteiger partial charge in [0.1, 0.15) is 5.52 Å². The Morgan fingerprint density at radius 3 is 2.52 bits per heavy atom. The zero-order chi connectivity index (χ0) is 19.8. The summed E-state index contributed by atoms with van der Waals surface area (Å²) in [6.07, 6.45) is 3.87. The Morgan fingerprint density at radius 2 is 1.76 bits per heavy atom. The molecule has 1 atom stereocenters. The predicted octanol–water partition coefficient (Wildman–Crippen LogP) is 4.72. The maximum absolute atomic E-state index is 13.3. The fourth-order valence-corrected chi connectivity index (χ4v) is 4.71. The molecule has 0 spiro atoms. The van der Waals surface area contributed by atoms with Gasteiger partial charge < -0.3 is 14.2 Å². The van der Waals surface area contributed by atoms with Crippen molar-refractivity contribution in [2.45, 2.75) is 38.6 Å². The molecule has 29 heavy (non-hydrogen) atoms. The van der Waals surface area contributed by atoms with Crippen molar-refractivity contribution >= 4 is 23.0 Å². The zero-order valence-electron chi connectivity index (χ0n) is 16.9. The molecule has 1 aromatic heterocycles. The van der Waals surface area contributed by atoms with Gasteiger partial charge in [-0.25, -0.2) is 0 Å². The van der Waals surface area contributed by atoms with Gasteiger partial charge in [-0.05, 0) is 50.3 Å². The topological polar surface area (TPSA) is 49.6 Å². The van der Waals surface area contributed by atoms with Crippen LogP contribution in [-0.2, 0) is 4.79 Å². The van der Waals surface area contributed by atoms with Crippen LogP contribution in [0.1, 0.15) is 42.9 Å². The van der Waals surface area contributed by atoms with Crippen molar-refractivity contribution in [2.75, 3.05) is 24.5 Å². The number of carbonyl (C=O) groups is 1. The second kappa shape index (κ2) is 7.54. The molecule has 2 aromatic carbocycles. The first-order valence-electron chi connectivity index (χ1n) is 10.7. The minimum Gasteiger partial charge on any atom is -0.423 e. The Balaban J connectivity index is 1.25. The first-order chi connectivity index (χ1) is 14.2. The van der Waals surface area contributed by atoms with Gasteiger partial charge in [-0.15, -0.1) is 0 Å². The van der Waals surface area contributed by atoms with Gasteiger partial charge in [0, 0.05) is 25.6 Å². The molecular formula is C24H27N3O2. The van der Waals surface area contributed by atoms with Crippen LogP contribution in [0.4, 0.5) is 6.01 Å². The average Bonchev–Trinajstić information content (AvgIpc) is 3.41. The number of nitrogens with zero attached hydrogens (tertiary/aromatic N) is 3. The predicted molar refractivity (Wildman–Crippen MR) is 114 cm³/mol. The molecule has 0 bridgehead atoms. The lowest BCUT2D eigenvalue weighted by molar-refractivity contribution is -0.137. The van der Waals surface area contributed by atoms with E-state index in [1.54, 1.807) is 0 Å². The molecule has 150 valence electrons. The normalized spacial score (nSPS) is 20.5. The smallest absolute Gasteiger partial charge is 0.298 e. The number of hydrogen-bond donors (Lipinski definition) is 0. The van der Waals surface area contributed by atoms with Gasteiger partial charge >= 0.3 is 0 Å². The van der Waals surface area contributed by atoms with E-state index in [1.165, 1.54) is 11.1 Å². The summed E-state index contributed by atoms with van der Waals surface area (Å²) < 4.78 is 5.91. The minimum absolute atomic E-state index is 0.0988. The highest BCUT2D eigenvalue weighted by Crippen LogP contribution is 2.35. The second-order valence-electron chi connectivity index (χ2n) is 8.33. The third kappa shape index (κ3) is 3.50. The van der Waals surface area contributed by atoms with E-state index in [-0.39, 0.29) is 12.0 Å². The number of anilines is 1. The summed E-state index contributed by atoms with van der Waals surface area (Å²) in [4.78, 5) is 22.2. The van der Waals surface area contributed by atoms with Gasteiger partial charge in [0.25, 0.3) is 6.01 Å². The first-order valence-corrected chi connectivity index (χ1v) is 10.7. The number of fused-ring (bicyclic) bond motifs is 1. The molecule has 0 saturated carbocycles. The molecule has 0 unspecified atom stereocenters. The van der Waals surface area contributed by atoms with E-state index in [9.17, 15) is 4.79 Å². The van der Waals surface area contributed by atoms with Crippen molar-refractivity contribution in [3.63, 3.8) is 0 Å². The molecule has 2 aliphatic rings. The number of amides is 1. The maximum Gasteiger partial charge on any atom is 0.298 e. The van der Waals surface area contributed by atoms with E-state index in [1.807, 2.05) is 24.3 Å². The van der Waals surface area contributed by atoms with Gasteiger partial charge in [0.15, 0.2) is 5.58 Å². The SMILES string of the molecule is Cc1ccc([C@H]2CCCN2C(=O)C2CCN(c3nc4ccccc4o3)CC2)cc1. The van der Waals surface area contributed by atoms with E-state index >= 15 is 0 Å². The monoisotopic (exact) mass is 389 g/mol. The molecule has 3 aromatic rings. The fourth-order valence-electron chi connectivity index (χ4n) is 4.71. The number of carbonyl (C=O) groups excluding carboxylic acids is 1. The Bertz CT molecular complexity index is 969. The van der Waals surface area contributed by atoms with Crippen LogP contribution in [0.25, 0.3) is 11.1 Å². The van der Waals surface area contributed by atoms with Crippen molar-refractivity contribution in [3.8, 4) is 0 Å². The van der Waals surface area contributed by atoms with Crippen LogP contribution in [0, 0.1) is 12.8 Å². The van der Waals surface area contributed by atoms with Gasteiger partial charge in [0.05, 0.1) is 6.04 Å². The molecule has 2 fully saturated rings. The minimum atomic E-state index is 0.0988. The van der Waals surface area contributed by atoms with Gasteiger partial charge in [-0.2, -0.15) is 4.98 Å². The van der Waals surface area contributed by atoms with Gasteiger partial charge in [-0.1, -0.05) is 42.0 Å². The highest BCUT2D eigenvalue weighted by Gasteiger charge is 2.36. The number of aromatic nitrogens is 1. The van der Waals surface area contributed by atoms with Crippen molar-refractivity contribution in [1.29, 1.82) is 0 Å². The van der Waals surface area contributed by atoms with Crippen LogP contribution < -0.4 is 4.90 Å². The molecule has 5 rings (SSSR count). The molecule has 5 heteroatoms. The van der Waals surface area contributed by atoms with E-state index < -0.39 is 0 Å². The Morgan fingerprint density at radius 1 is 1.00 bits per heavy atom. The van der Waals surface area contributed by atoms with Gasteiger partial charge in [-0.3, -0.25) is 4.79 Å². The van der Waals surface area contributed by atoms with Crippen LogP contribution in [0.15, 0.2) is 52.9 Å². The van der Waals surface area contributed by atoms with E-state index in [0.29, 0.717) is 11.9 Å². The summed E-state index contributed by atoms with van der Waals surface area (Å²) in [7, 11) is 0. The van der Waals surface area contributed by atoms with E-state index in [4.69, 9.17) is 4.42 Å². The Kier molecular flexibility index (Phi) is 4.74. The average molecular weight is 389 g/mol. The third-order valence-corrected chi connectivity index (χ3v) is 6.40. The van der Waals surface area contributed by atoms with E-state index in [0.717, 1.165) is 56.4 Å². The molecular weight excluding hydrogens is 362 g/mol. The second-order valence-corrected chi connectivity index (χ2v) is 8.33. The highest BCUT2D eigenvalue weighted by molar-refractivity contribution is 5.80. The zero-order valence-corrected chi connectivity index (χ0v) is 16.9. The van der Waals surface area contributed by atoms with Crippen molar-refractivity contribution in [1.82, 2.24) is 9.88 Å². The number of para-hydroxylation sites is 2. The summed E-state index contributed by atoms with van der Waals surface area (Å²) in [5, 5.41) is 0. The fraction of sp³-hybridized carbons (Fsp3) is 0.417. The summed E-state index contributed by atoms with van der Waals surface area (Å²) in [6, 6.07) is 17.4. The maximum atomic E-state index is 13.3. The molecule has 0 radical (unpaired) electrons. The van der Waals surface area contributed by atoms with Crippen molar-refractivity contribution < 1.29 is 9.21 Å². The van der Waals surface area contributed by atoms with Crippen molar-refractivity contribution in [3.05, 3.63) is 59.7 Å². The molecule has 2 aliphatic heterocycles. The number of likely N-dealkylation sites (tertiary alicyclic amines) is 1. The lowest BCUT2D eigenvalue weighted by Gasteiger charge is -2.34. The van der Waals surface area contributed by atoms with Gasteiger partial charge in [0.2, 0.25) is 5.91 Å². The summed E-state index contributed by atoms with van der Waals surface area (Å²) in [6.45, 7) is 4.60. The van der Waals surface area contributed by atoms with E-state index in [2.05, 4.69) is 46.0 Å². The lowest BCUT2D eigenvalue weighted by atomic mass is 9.94. The lowest BCUT2D eigenvalue weighted by Crippen LogP contribution is -2.42. The quantitative estimate of drug-likeness (QED) is 0.651. The number of hydrogen-bond acceptors (Lipinski definition) is 4. The molecule has 0 aliphatic carbocycles. The summed E-state index contributed by atoms with van der Waals surface area (Å²) >= 11 is 0. The van der Waals surface area contributed by atoms with Crippen LogP contribution in [0.3, 0.4) is 0 Å². The van der Waals surface area contributed by atoms with Crippen LogP contribution >= 0.6 is 0 Å². The number of aryl methyl sites for hydroxylation is 1. The van der Waals surface area contributed by atoms with Crippen LogP contribution in [-0.4, -0.2) is 35.4 Å². The Labute approximate surface area is 171 Å². The number of oxazole rings is 1. The summed E-state index contributed by atoms with van der Waals surface area (Å²) in [5.41, 5.74) is 4.24. The standard InChI is InChI=1S/C24H27N3O2/c1-17-8-10-18(11-9-17)21-6-4-14-27(21)23(28)19-12-15-26(16-13-19)24-25-20-5-2-3-7-22(20)29-24/h2-3,5,7-11,19,21H,4,6,12-16H2,1H3/t21-/m1/s1. The highest BCUT2D eigenvalue weighted by atomic mass is 16.4.